The van der Waals surface area contributed by atoms with Gasteiger partial charge < -0.3 is 33.2 Å². The number of aryl methyl sites for hydroxylation is 2. The highest BCUT2D eigenvalue weighted by molar-refractivity contribution is 5.44. The Labute approximate surface area is 735 Å². The Kier molecular flexibility index (Phi) is 28.9. The molecule has 0 unspecified atom stereocenters. The maximum atomic E-state index is 6.25. The Morgan fingerprint density at radius 2 is 0.730 bits per heavy atom. The zero-order chi connectivity index (χ0) is 91.6. The highest BCUT2D eigenvalue weighted by Gasteiger charge is 2.50. The molecule has 1 fully saturated rings. The standard InChI is InChI=1S/C17H26N2O.C16H26N2O.3C14H22N2O.2C13H20N2O/c1-15(2,3)12-11-7-8-17(9-10-17)20-13(11)19-14(18-12)16(4,5)6;1-10(2)12-11-8-9-16(6,7)19-13(11)18-14(17-12)15(3,4)5;1-13(2,3)11-9-7-17-8-10(9)15-12(16-11)14(4,5)6;1-9(2)13-15-11-6-7-17-8-10(11)12(16-13)14(3,4)5;1-9(2)12-15-11(14(3,4)5)10-7-6-8-17-13(10)16-12;1-8-14-10(12(2,3)4)9-7-16-13(5,6)11(9)15-8;1-8-14-10(12(2,3)4)9-7-13(5,6)16-11(9)15-8/h7-10H2,1-6H3;10H,8-9H2,1-7H3;7-8H2,1-6H3;2*9H,6-8H2,1-5H3;2*7H2,1-6H3. The van der Waals surface area contributed by atoms with E-state index < -0.39 is 0 Å². The minimum atomic E-state index is -0.275. The van der Waals surface area contributed by atoms with Crippen molar-refractivity contribution in [1.82, 2.24) is 69.8 Å². The van der Waals surface area contributed by atoms with Crippen LogP contribution in [0.4, 0.5) is 0 Å². The first kappa shape index (κ1) is 98.4. The van der Waals surface area contributed by atoms with Crippen molar-refractivity contribution in [2.45, 2.75) is 463 Å². The summed E-state index contributed by atoms with van der Waals surface area (Å²) in [4.78, 5) is 65.5. The van der Waals surface area contributed by atoms with Gasteiger partial charge in [-0.15, -0.1) is 0 Å². The van der Waals surface area contributed by atoms with Crippen molar-refractivity contribution >= 4 is 0 Å². The maximum Gasteiger partial charge on any atom is 0.220 e. The molecule has 14 heterocycles. The molecule has 0 bridgehead atoms. The van der Waals surface area contributed by atoms with Gasteiger partial charge in [-0.3, -0.25) is 0 Å². The topological polar surface area (TPSA) is 245 Å². The number of rotatable bonds is 3. The van der Waals surface area contributed by atoms with Crippen LogP contribution in [0.2, 0.25) is 0 Å². The molecule has 1 aliphatic carbocycles. The fraction of sp³-hybridized carbons (Fsp3) is 0.723. The molecular formula is C101H158N14O7. The molecule has 7 aromatic heterocycles. The van der Waals surface area contributed by atoms with E-state index in [-0.39, 0.29) is 71.1 Å². The van der Waals surface area contributed by atoms with Crippen molar-refractivity contribution < 1.29 is 33.2 Å². The monoisotopic (exact) mass is 1680 g/mol. The first-order chi connectivity index (χ1) is 55.6. The van der Waals surface area contributed by atoms with Gasteiger partial charge in [0, 0.05) is 112 Å². The molecule has 8 aliphatic rings. The van der Waals surface area contributed by atoms with Gasteiger partial charge in [0.15, 0.2) is 0 Å². The number of fused-ring (bicyclic) bond motifs is 7. The lowest BCUT2D eigenvalue weighted by Crippen LogP contribution is -2.35. The number of nitrogens with zero attached hydrogens (tertiary/aromatic N) is 14. The van der Waals surface area contributed by atoms with E-state index in [9.17, 15) is 0 Å². The molecule has 0 amide bonds. The zero-order valence-corrected chi connectivity index (χ0v) is 83.7. The lowest BCUT2D eigenvalue weighted by Gasteiger charge is -2.34. The summed E-state index contributed by atoms with van der Waals surface area (Å²) in [6.45, 7) is 92.5. The molecule has 7 aromatic rings. The van der Waals surface area contributed by atoms with Crippen molar-refractivity contribution in [2.75, 3.05) is 13.2 Å². The minimum absolute atomic E-state index is 0.0163. The minimum Gasteiger partial charge on any atom is -0.477 e. The zero-order valence-electron chi connectivity index (χ0n) is 83.7. The first-order valence-electron chi connectivity index (χ1n) is 45.4. The summed E-state index contributed by atoms with van der Waals surface area (Å²) in [6, 6.07) is 0. The maximum absolute atomic E-state index is 6.25. The van der Waals surface area contributed by atoms with Gasteiger partial charge in [-0.2, -0.15) is 19.9 Å². The van der Waals surface area contributed by atoms with Gasteiger partial charge in [-0.1, -0.05) is 228 Å². The van der Waals surface area contributed by atoms with Crippen molar-refractivity contribution in [3.05, 3.63) is 137 Å². The molecule has 0 N–H and O–H groups in total. The average Bonchev–Trinajstić information content (AvgIpc) is 1.60. The highest BCUT2D eigenvalue weighted by atomic mass is 16.5. The van der Waals surface area contributed by atoms with E-state index in [0.717, 1.165) is 174 Å². The lowest BCUT2D eigenvalue weighted by atomic mass is 9.85. The second-order valence-electron chi connectivity index (χ2n) is 47.1. The van der Waals surface area contributed by atoms with Crippen molar-refractivity contribution in [1.29, 1.82) is 0 Å². The molecule has 7 aliphatic heterocycles. The Bertz CT molecular complexity index is 4770. The Balaban J connectivity index is 0.000000162. The molecule has 15 rings (SSSR count). The number of aromatic nitrogens is 14. The molecule has 1 saturated carbocycles. The van der Waals surface area contributed by atoms with Crippen LogP contribution in [0.15, 0.2) is 0 Å². The summed E-state index contributed by atoms with van der Waals surface area (Å²) in [5.74, 6) is 10.6. The van der Waals surface area contributed by atoms with Crippen LogP contribution in [0.5, 0.6) is 23.5 Å². The number of hydrogen-bond acceptors (Lipinski definition) is 21. The van der Waals surface area contributed by atoms with E-state index in [0.29, 0.717) is 44.2 Å². The van der Waals surface area contributed by atoms with E-state index in [1.807, 2.05) is 13.8 Å². The molecule has 0 aromatic carbocycles. The summed E-state index contributed by atoms with van der Waals surface area (Å²) in [5, 5.41) is 0. The molecule has 21 nitrogen and oxygen atoms in total. The fourth-order valence-electron chi connectivity index (χ4n) is 15.8. The van der Waals surface area contributed by atoms with Gasteiger partial charge in [0.05, 0.1) is 96.6 Å². The van der Waals surface area contributed by atoms with E-state index in [1.54, 1.807) is 0 Å². The molecule has 674 valence electrons. The lowest BCUT2D eigenvalue weighted by molar-refractivity contribution is -0.0103. The third-order valence-electron chi connectivity index (χ3n) is 22.7. The van der Waals surface area contributed by atoms with Crippen LogP contribution in [0.25, 0.3) is 0 Å². The van der Waals surface area contributed by atoms with E-state index in [4.69, 9.17) is 68.0 Å². The summed E-state index contributed by atoms with van der Waals surface area (Å²) < 4.78 is 40.8. The molecule has 1 spiro atoms. The normalized spacial score (nSPS) is 17.7. The third kappa shape index (κ3) is 24.4. The highest BCUT2D eigenvalue weighted by Crippen LogP contribution is 2.50. The van der Waals surface area contributed by atoms with Gasteiger partial charge in [-0.25, -0.2) is 49.8 Å². The van der Waals surface area contributed by atoms with Crippen LogP contribution in [-0.2, 0) is 127 Å². The van der Waals surface area contributed by atoms with E-state index in [2.05, 4.69) is 305 Å². The average molecular weight is 1680 g/mol. The van der Waals surface area contributed by atoms with Crippen LogP contribution in [0.3, 0.4) is 0 Å². The SMILES string of the molecule is CC(C)(C)c1nc2c(c(C(C)(C)C)n1)CCC1(CC1)O2.CC(C)(C)c1nc2c(c(C(C)(C)C)n1)COC2.CC(C)c1nc(C(C)(C)C)nc2c1CCC(C)(C)O2.CC(C)c1nc2c(c(C(C)(C)C)n1)CCCO2.CC(C)c1nc2c(c(C(C)(C)C)n1)COCC2.Cc1nc(C(C)(C)C)c2c(n1)C(C)(C)OC2.Cc1nc2c(c(C(C)(C)C)n1)CC(C)(C)O2. The van der Waals surface area contributed by atoms with Gasteiger partial charge in [0.1, 0.15) is 63.2 Å². The van der Waals surface area contributed by atoms with E-state index >= 15 is 0 Å². The summed E-state index contributed by atoms with van der Waals surface area (Å²) in [7, 11) is 0. The quantitative estimate of drug-likeness (QED) is 0.159. The van der Waals surface area contributed by atoms with Crippen LogP contribution < -0.4 is 18.9 Å². The molecule has 0 saturated heterocycles. The molecule has 0 radical (unpaired) electrons. The second-order valence-corrected chi connectivity index (χ2v) is 47.1. The summed E-state index contributed by atoms with van der Waals surface area (Å²) >= 11 is 0. The van der Waals surface area contributed by atoms with Crippen molar-refractivity contribution in [3.8, 4) is 23.5 Å². The fourth-order valence-corrected chi connectivity index (χ4v) is 15.8. The number of ether oxygens (including phenoxy) is 7. The van der Waals surface area contributed by atoms with Crippen LogP contribution in [0.1, 0.15) is 457 Å². The number of hydrogen-bond donors (Lipinski definition) is 0. The predicted molar refractivity (Wildman–Crippen MR) is 490 cm³/mol. The van der Waals surface area contributed by atoms with Crippen LogP contribution in [0, 0.1) is 13.8 Å². The van der Waals surface area contributed by atoms with Crippen molar-refractivity contribution in [2.24, 2.45) is 0 Å². The summed E-state index contributed by atoms with van der Waals surface area (Å²) in [5.41, 5.74) is 19.5. The third-order valence-corrected chi connectivity index (χ3v) is 22.7. The first-order valence-corrected chi connectivity index (χ1v) is 45.4. The van der Waals surface area contributed by atoms with Gasteiger partial charge in [0.25, 0.3) is 0 Å². The molecule has 0 atom stereocenters. The smallest absolute Gasteiger partial charge is 0.220 e. The van der Waals surface area contributed by atoms with Gasteiger partial charge in [0.2, 0.25) is 23.5 Å². The molecule has 21 heteroatoms. The Hall–Kier alpha value is -7.36. The Morgan fingerprint density at radius 1 is 0.303 bits per heavy atom. The van der Waals surface area contributed by atoms with Gasteiger partial charge in [-0.05, 0) is 113 Å². The largest absolute Gasteiger partial charge is 0.477 e. The van der Waals surface area contributed by atoms with Crippen LogP contribution in [-0.4, -0.2) is 99.8 Å². The molecular weight excluding hydrogens is 1520 g/mol. The second kappa shape index (κ2) is 35.8. The summed E-state index contributed by atoms with van der Waals surface area (Å²) in [6.07, 6.45) is 10.5. The van der Waals surface area contributed by atoms with E-state index in [1.165, 1.54) is 63.2 Å². The Morgan fingerprint density at radius 3 is 1.25 bits per heavy atom. The van der Waals surface area contributed by atoms with Crippen molar-refractivity contribution in [3.63, 3.8) is 0 Å². The van der Waals surface area contributed by atoms with Crippen LogP contribution >= 0.6 is 0 Å². The predicted octanol–water partition coefficient (Wildman–Crippen LogP) is 22.9. The molecule has 122 heavy (non-hydrogen) atoms. The van der Waals surface area contributed by atoms with Gasteiger partial charge >= 0.3 is 0 Å².